The molecule has 0 aliphatic carbocycles. The smallest absolute Gasteiger partial charge is 0.217 e. The number of H-pyrrole nitrogens is 1. The standard InChI is InChI=1S/C20H23N5O2/c1-13-8-9-16(27-13)10-25-11-17(18(12-25)21-14(2)26)20-22-19(23-24-20)15-6-4-3-5-7-15/h3-9,17-18H,10-12H2,1-2H3,(H,21,26)(H,22,23,24)/t17-,18-/m1/s1. The molecule has 4 rings (SSSR count). The SMILES string of the molecule is CC(=O)N[C@@H]1CN(Cc2ccc(C)o2)C[C@H]1c1nc(-c2ccccc2)n[nH]1. The summed E-state index contributed by atoms with van der Waals surface area (Å²) in [6.07, 6.45) is 0. The number of benzene rings is 1. The molecule has 3 aromatic rings. The Morgan fingerprint density at radius 1 is 1.26 bits per heavy atom. The minimum Gasteiger partial charge on any atom is -0.465 e. The third-order valence-electron chi connectivity index (χ3n) is 4.85. The zero-order chi connectivity index (χ0) is 18.8. The second kappa shape index (κ2) is 7.36. The molecule has 140 valence electrons. The lowest BCUT2D eigenvalue weighted by Crippen LogP contribution is -2.38. The van der Waals surface area contributed by atoms with Gasteiger partial charge in [0, 0.05) is 25.6 Å². The molecule has 0 radical (unpaired) electrons. The van der Waals surface area contributed by atoms with Gasteiger partial charge in [-0.25, -0.2) is 4.98 Å². The normalized spacial score (nSPS) is 20.1. The lowest BCUT2D eigenvalue weighted by Gasteiger charge is -2.16. The van der Waals surface area contributed by atoms with Crippen LogP contribution in [0, 0.1) is 6.92 Å². The van der Waals surface area contributed by atoms with E-state index in [1.807, 2.05) is 49.4 Å². The van der Waals surface area contributed by atoms with E-state index in [0.29, 0.717) is 12.4 Å². The number of amides is 1. The highest BCUT2D eigenvalue weighted by atomic mass is 16.3. The summed E-state index contributed by atoms with van der Waals surface area (Å²) in [6, 6.07) is 13.8. The van der Waals surface area contributed by atoms with Gasteiger partial charge < -0.3 is 9.73 Å². The van der Waals surface area contributed by atoms with Crippen LogP contribution >= 0.6 is 0 Å². The van der Waals surface area contributed by atoms with E-state index < -0.39 is 0 Å². The van der Waals surface area contributed by atoms with Crippen LogP contribution in [0.4, 0.5) is 0 Å². The van der Waals surface area contributed by atoms with E-state index in [2.05, 4.69) is 20.4 Å². The molecule has 1 fully saturated rings. The zero-order valence-corrected chi connectivity index (χ0v) is 15.5. The zero-order valence-electron chi connectivity index (χ0n) is 15.5. The first-order valence-corrected chi connectivity index (χ1v) is 9.11. The molecule has 1 saturated heterocycles. The summed E-state index contributed by atoms with van der Waals surface area (Å²) in [6.45, 7) is 5.71. The maximum absolute atomic E-state index is 11.7. The van der Waals surface area contributed by atoms with Crippen molar-refractivity contribution in [2.45, 2.75) is 32.4 Å². The molecular weight excluding hydrogens is 342 g/mol. The van der Waals surface area contributed by atoms with Crippen LogP contribution in [0.25, 0.3) is 11.4 Å². The molecule has 0 spiro atoms. The summed E-state index contributed by atoms with van der Waals surface area (Å²) >= 11 is 0. The highest BCUT2D eigenvalue weighted by molar-refractivity contribution is 5.73. The predicted molar refractivity (Wildman–Crippen MR) is 101 cm³/mol. The molecule has 0 unspecified atom stereocenters. The number of hydrogen-bond acceptors (Lipinski definition) is 5. The number of hydrogen-bond donors (Lipinski definition) is 2. The lowest BCUT2D eigenvalue weighted by atomic mass is 10.0. The van der Waals surface area contributed by atoms with E-state index >= 15 is 0 Å². The van der Waals surface area contributed by atoms with Crippen LogP contribution in [-0.4, -0.2) is 45.1 Å². The van der Waals surface area contributed by atoms with E-state index in [-0.39, 0.29) is 17.9 Å². The van der Waals surface area contributed by atoms with E-state index in [4.69, 9.17) is 9.40 Å². The maximum Gasteiger partial charge on any atom is 0.217 e. The van der Waals surface area contributed by atoms with Gasteiger partial charge in [-0.3, -0.25) is 14.8 Å². The maximum atomic E-state index is 11.7. The summed E-state index contributed by atoms with van der Waals surface area (Å²) < 4.78 is 5.70. The second-order valence-corrected chi connectivity index (χ2v) is 7.03. The first-order chi connectivity index (χ1) is 13.1. The highest BCUT2D eigenvalue weighted by Gasteiger charge is 2.36. The number of rotatable bonds is 5. The molecule has 1 aliphatic heterocycles. The van der Waals surface area contributed by atoms with Gasteiger partial charge in [0.15, 0.2) is 5.82 Å². The van der Waals surface area contributed by atoms with E-state index in [1.165, 1.54) is 0 Å². The first kappa shape index (κ1) is 17.5. The summed E-state index contributed by atoms with van der Waals surface area (Å²) in [5, 5.41) is 10.5. The Morgan fingerprint density at radius 3 is 2.78 bits per heavy atom. The molecule has 3 heterocycles. The van der Waals surface area contributed by atoms with Gasteiger partial charge in [0.25, 0.3) is 0 Å². The van der Waals surface area contributed by atoms with Gasteiger partial charge in [0.1, 0.15) is 17.3 Å². The van der Waals surface area contributed by atoms with Crippen molar-refractivity contribution in [2.24, 2.45) is 0 Å². The average Bonchev–Trinajstić information content (AvgIpc) is 3.36. The van der Waals surface area contributed by atoms with Crippen LogP contribution in [0.1, 0.15) is 30.2 Å². The molecule has 0 bridgehead atoms. The van der Waals surface area contributed by atoms with Crippen molar-refractivity contribution in [3.05, 3.63) is 59.8 Å². The Morgan fingerprint density at radius 2 is 2.07 bits per heavy atom. The van der Waals surface area contributed by atoms with Crippen molar-refractivity contribution in [2.75, 3.05) is 13.1 Å². The van der Waals surface area contributed by atoms with Gasteiger partial charge >= 0.3 is 0 Å². The molecule has 7 heteroatoms. The third-order valence-corrected chi connectivity index (χ3v) is 4.85. The van der Waals surface area contributed by atoms with E-state index in [9.17, 15) is 4.79 Å². The van der Waals surface area contributed by atoms with Gasteiger partial charge in [-0.15, -0.1) is 0 Å². The molecule has 1 aromatic carbocycles. The number of aryl methyl sites for hydroxylation is 1. The molecule has 27 heavy (non-hydrogen) atoms. The quantitative estimate of drug-likeness (QED) is 0.725. The molecule has 2 aromatic heterocycles. The van der Waals surface area contributed by atoms with Crippen LogP contribution in [0.2, 0.25) is 0 Å². The number of nitrogens with one attached hydrogen (secondary N) is 2. The second-order valence-electron chi connectivity index (χ2n) is 7.03. The Kier molecular flexibility index (Phi) is 4.77. The molecule has 0 saturated carbocycles. The number of aromatic nitrogens is 3. The Bertz CT molecular complexity index is 917. The van der Waals surface area contributed by atoms with Crippen molar-refractivity contribution in [1.82, 2.24) is 25.4 Å². The molecule has 1 aliphatic rings. The Hall–Kier alpha value is -2.93. The van der Waals surface area contributed by atoms with Crippen LogP contribution in [0.5, 0.6) is 0 Å². The van der Waals surface area contributed by atoms with Crippen molar-refractivity contribution in [1.29, 1.82) is 0 Å². The number of carbonyl (C=O) groups excluding carboxylic acids is 1. The largest absolute Gasteiger partial charge is 0.465 e. The molecule has 1 amide bonds. The topological polar surface area (TPSA) is 87.1 Å². The van der Waals surface area contributed by atoms with Crippen molar-refractivity contribution < 1.29 is 9.21 Å². The van der Waals surface area contributed by atoms with E-state index in [1.54, 1.807) is 6.92 Å². The number of nitrogens with zero attached hydrogens (tertiary/aromatic N) is 3. The number of furan rings is 1. The van der Waals surface area contributed by atoms with Gasteiger partial charge in [-0.1, -0.05) is 30.3 Å². The summed E-state index contributed by atoms with van der Waals surface area (Å²) in [4.78, 5) is 18.6. The lowest BCUT2D eigenvalue weighted by molar-refractivity contribution is -0.119. The van der Waals surface area contributed by atoms with Crippen molar-refractivity contribution in [3.63, 3.8) is 0 Å². The van der Waals surface area contributed by atoms with Gasteiger partial charge in [0.05, 0.1) is 18.5 Å². The van der Waals surface area contributed by atoms with Gasteiger partial charge in [-0.05, 0) is 19.1 Å². The summed E-state index contributed by atoms with van der Waals surface area (Å²) in [5.41, 5.74) is 0.969. The fraction of sp³-hybridized carbons (Fsp3) is 0.350. The number of aromatic amines is 1. The minimum atomic E-state index is -0.0384. The van der Waals surface area contributed by atoms with Gasteiger partial charge in [0.2, 0.25) is 5.91 Å². The predicted octanol–water partition coefficient (Wildman–Crippen LogP) is 2.48. The first-order valence-electron chi connectivity index (χ1n) is 9.11. The Balaban J connectivity index is 1.54. The highest BCUT2D eigenvalue weighted by Crippen LogP contribution is 2.28. The van der Waals surface area contributed by atoms with Crippen LogP contribution in [0.3, 0.4) is 0 Å². The molecule has 2 atom stereocenters. The monoisotopic (exact) mass is 365 g/mol. The fourth-order valence-corrected chi connectivity index (χ4v) is 3.65. The van der Waals surface area contributed by atoms with E-state index in [0.717, 1.165) is 36.0 Å². The third kappa shape index (κ3) is 3.93. The number of likely N-dealkylation sites (tertiary alicyclic amines) is 1. The van der Waals surface area contributed by atoms with Crippen molar-refractivity contribution in [3.8, 4) is 11.4 Å². The van der Waals surface area contributed by atoms with Crippen molar-refractivity contribution >= 4 is 5.91 Å². The van der Waals surface area contributed by atoms with Crippen LogP contribution in [-0.2, 0) is 11.3 Å². The summed E-state index contributed by atoms with van der Waals surface area (Å²) in [5.74, 6) is 3.32. The van der Waals surface area contributed by atoms with Crippen LogP contribution in [0.15, 0.2) is 46.9 Å². The minimum absolute atomic E-state index is 0.0184. The summed E-state index contributed by atoms with van der Waals surface area (Å²) in [7, 11) is 0. The Labute approximate surface area is 157 Å². The molecular formula is C20H23N5O2. The fourth-order valence-electron chi connectivity index (χ4n) is 3.65. The molecule has 7 nitrogen and oxygen atoms in total. The molecule has 2 N–H and O–H groups in total. The average molecular weight is 365 g/mol. The van der Waals surface area contributed by atoms with Crippen LogP contribution < -0.4 is 5.32 Å². The van der Waals surface area contributed by atoms with Gasteiger partial charge in [-0.2, -0.15) is 5.10 Å². The number of carbonyl (C=O) groups is 1.